The minimum atomic E-state index is -0.444. The second-order valence-electron chi connectivity index (χ2n) is 5.27. The molecule has 6 heteroatoms. The largest absolute Gasteiger partial charge is 0.468 e. The first-order valence-electron chi connectivity index (χ1n) is 7.16. The van der Waals surface area contributed by atoms with Crippen LogP contribution in [0, 0.1) is 0 Å². The summed E-state index contributed by atoms with van der Waals surface area (Å²) >= 11 is 0. The van der Waals surface area contributed by atoms with Crippen LogP contribution in [0.15, 0.2) is 12.1 Å². The van der Waals surface area contributed by atoms with E-state index in [-0.39, 0.29) is 12.5 Å². The van der Waals surface area contributed by atoms with E-state index in [1.807, 2.05) is 12.1 Å². The number of hydrogen-bond donors (Lipinski definition) is 2. The van der Waals surface area contributed by atoms with Crippen LogP contribution in [0.25, 0.3) is 0 Å². The molecule has 0 radical (unpaired) electrons. The van der Waals surface area contributed by atoms with Gasteiger partial charge in [-0.3, -0.25) is 9.59 Å². The van der Waals surface area contributed by atoms with Crippen LogP contribution in [-0.2, 0) is 22.5 Å². The maximum absolute atomic E-state index is 12.3. The van der Waals surface area contributed by atoms with Gasteiger partial charge in [0.1, 0.15) is 6.54 Å². The van der Waals surface area contributed by atoms with Crippen molar-refractivity contribution in [1.82, 2.24) is 10.6 Å². The number of rotatable bonds is 3. The summed E-state index contributed by atoms with van der Waals surface area (Å²) in [6.07, 6.45) is 0.879. The molecule has 2 aliphatic rings. The van der Waals surface area contributed by atoms with Crippen LogP contribution in [0.5, 0.6) is 0 Å². The second-order valence-corrected chi connectivity index (χ2v) is 5.27. The Morgan fingerprint density at radius 2 is 2.24 bits per heavy atom. The van der Waals surface area contributed by atoms with E-state index in [0.717, 1.165) is 38.2 Å². The molecule has 3 rings (SSSR count). The van der Waals surface area contributed by atoms with Gasteiger partial charge in [-0.15, -0.1) is 0 Å². The summed E-state index contributed by atoms with van der Waals surface area (Å²) in [5.74, 6) is -0.655. The molecular weight excluding hydrogens is 270 g/mol. The zero-order valence-electron chi connectivity index (χ0n) is 12.1. The first-order chi connectivity index (χ1) is 10.2. The number of ether oxygens (including phenoxy) is 1. The van der Waals surface area contributed by atoms with E-state index in [1.165, 1.54) is 18.4 Å². The van der Waals surface area contributed by atoms with Crippen molar-refractivity contribution >= 4 is 17.6 Å². The number of nitrogens with zero attached hydrogens (tertiary/aromatic N) is 1. The third-order valence-corrected chi connectivity index (χ3v) is 4.05. The summed E-state index contributed by atoms with van der Waals surface area (Å²) in [6, 6.07) is 3.86. The number of carbonyl (C=O) groups is 2. The molecule has 6 nitrogen and oxygen atoms in total. The van der Waals surface area contributed by atoms with Gasteiger partial charge in [-0.05, 0) is 23.6 Å². The van der Waals surface area contributed by atoms with E-state index < -0.39 is 5.97 Å². The molecule has 0 unspecified atom stereocenters. The van der Waals surface area contributed by atoms with E-state index in [4.69, 9.17) is 0 Å². The van der Waals surface area contributed by atoms with Gasteiger partial charge in [-0.1, -0.05) is 6.07 Å². The molecule has 0 bridgehead atoms. The van der Waals surface area contributed by atoms with Gasteiger partial charge in [-0.25, -0.2) is 0 Å². The number of carbonyl (C=O) groups excluding carboxylic acids is 2. The summed E-state index contributed by atoms with van der Waals surface area (Å²) in [5, 5.41) is 6.01. The van der Waals surface area contributed by atoms with E-state index in [0.29, 0.717) is 5.56 Å². The normalized spacial score (nSPS) is 16.1. The predicted molar refractivity (Wildman–Crippen MR) is 78.4 cm³/mol. The number of nitrogens with one attached hydrogen (secondary N) is 2. The van der Waals surface area contributed by atoms with E-state index in [2.05, 4.69) is 20.3 Å². The molecule has 112 valence electrons. The van der Waals surface area contributed by atoms with Gasteiger partial charge >= 0.3 is 5.97 Å². The molecular formula is C15H19N3O3. The van der Waals surface area contributed by atoms with Crippen LogP contribution < -0.4 is 15.5 Å². The van der Waals surface area contributed by atoms with Crippen molar-refractivity contribution in [2.75, 3.05) is 38.2 Å². The molecule has 0 saturated heterocycles. The lowest BCUT2D eigenvalue weighted by Gasteiger charge is -2.19. The van der Waals surface area contributed by atoms with Gasteiger partial charge in [0, 0.05) is 37.4 Å². The lowest BCUT2D eigenvalue weighted by atomic mass is 10.00. The number of hydrogen-bond acceptors (Lipinski definition) is 5. The Kier molecular flexibility index (Phi) is 3.79. The van der Waals surface area contributed by atoms with Crippen LogP contribution in [-0.4, -0.2) is 45.2 Å². The van der Waals surface area contributed by atoms with Gasteiger partial charge in [0.2, 0.25) is 0 Å². The molecule has 0 spiro atoms. The Hall–Kier alpha value is -2.08. The highest BCUT2D eigenvalue weighted by molar-refractivity contribution is 5.99. The van der Waals surface area contributed by atoms with Crippen molar-refractivity contribution in [2.24, 2.45) is 0 Å². The SMILES string of the molecule is COC(=O)CNC(=O)c1ccc2c3c1CCN3CCNC2. The van der Waals surface area contributed by atoms with Crippen molar-refractivity contribution in [3.8, 4) is 0 Å². The van der Waals surface area contributed by atoms with E-state index >= 15 is 0 Å². The second kappa shape index (κ2) is 5.73. The molecule has 0 atom stereocenters. The lowest BCUT2D eigenvalue weighted by molar-refractivity contribution is -0.139. The summed E-state index contributed by atoms with van der Waals surface area (Å²) in [6.45, 7) is 3.61. The standard InChI is InChI=1S/C15H19N3O3/c1-21-13(19)9-17-15(20)12-3-2-10-8-16-5-7-18-6-4-11(12)14(10)18/h2-3,16H,4-9H2,1H3,(H,17,20). The van der Waals surface area contributed by atoms with Crippen molar-refractivity contribution < 1.29 is 14.3 Å². The highest BCUT2D eigenvalue weighted by Gasteiger charge is 2.28. The highest BCUT2D eigenvalue weighted by atomic mass is 16.5. The summed E-state index contributed by atoms with van der Waals surface area (Å²) < 4.78 is 4.54. The summed E-state index contributed by atoms with van der Waals surface area (Å²) in [7, 11) is 1.31. The number of amides is 1. The summed E-state index contributed by atoms with van der Waals surface area (Å²) in [4.78, 5) is 25.8. The first-order valence-corrected chi connectivity index (χ1v) is 7.16. The van der Waals surface area contributed by atoms with Gasteiger partial charge in [0.05, 0.1) is 7.11 Å². The average molecular weight is 289 g/mol. The van der Waals surface area contributed by atoms with Crippen molar-refractivity contribution in [3.63, 3.8) is 0 Å². The molecule has 1 amide bonds. The third-order valence-electron chi connectivity index (χ3n) is 4.05. The van der Waals surface area contributed by atoms with Crippen LogP contribution in [0.3, 0.4) is 0 Å². The van der Waals surface area contributed by atoms with E-state index in [1.54, 1.807) is 0 Å². The molecule has 21 heavy (non-hydrogen) atoms. The highest BCUT2D eigenvalue weighted by Crippen LogP contribution is 2.35. The minimum Gasteiger partial charge on any atom is -0.468 e. The lowest BCUT2D eigenvalue weighted by Crippen LogP contribution is -2.30. The van der Waals surface area contributed by atoms with Crippen molar-refractivity contribution in [3.05, 3.63) is 28.8 Å². The Morgan fingerprint density at radius 3 is 3.05 bits per heavy atom. The van der Waals surface area contributed by atoms with Crippen molar-refractivity contribution in [2.45, 2.75) is 13.0 Å². The van der Waals surface area contributed by atoms with Crippen LogP contribution in [0.4, 0.5) is 5.69 Å². The number of benzene rings is 1. The number of esters is 1. The summed E-state index contributed by atoms with van der Waals surface area (Å²) in [5.41, 5.74) is 4.20. The fraction of sp³-hybridized carbons (Fsp3) is 0.467. The molecule has 2 heterocycles. The Morgan fingerprint density at radius 1 is 1.38 bits per heavy atom. The predicted octanol–water partition coefficient (Wildman–Crippen LogP) is 0.0551. The van der Waals surface area contributed by atoms with Gasteiger partial charge in [0.25, 0.3) is 5.91 Å². The van der Waals surface area contributed by atoms with Crippen LogP contribution in [0.1, 0.15) is 21.5 Å². The zero-order valence-corrected chi connectivity index (χ0v) is 12.1. The Balaban J connectivity index is 1.86. The molecule has 0 aromatic heterocycles. The molecule has 2 N–H and O–H groups in total. The maximum Gasteiger partial charge on any atom is 0.325 e. The quantitative estimate of drug-likeness (QED) is 0.770. The van der Waals surface area contributed by atoms with Crippen LogP contribution >= 0.6 is 0 Å². The van der Waals surface area contributed by atoms with Gasteiger partial charge < -0.3 is 20.3 Å². The molecule has 0 aliphatic carbocycles. The van der Waals surface area contributed by atoms with E-state index in [9.17, 15) is 9.59 Å². The molecule has 1 aromatic carbocycles. The molecule has 2 aliphatic heterocycles. The Labute approximate surface area is 123 Å². The maximum atomic E-state index is 12.3. The van der Waals surface area contributed by atoms with Crippen molar-refractivity contribution in [1.29, 1.82) is 0 Å². The minimum absolute atomic E-state index is 0.100. The first kappa shape index (κ1) is 13.9. The molecule has 1 aromatic rings. The molecule has 0 saturated carbocycles. The van der Waals surface area contributed by atoms with Gasteiger partial charge in [-0.2, -0.15) is 0 Å². The monoisotopic (exact) mass is 289 g/mol. The molecule has 0 fully saturated rings. The number of anilines is 1. The average Bonchev–Trinajstić information content (AvgIpc) is 2.81. The fourth-order valence-corrected chi connectivity index (χ4v) is 3.03. The third kappa shape index (κ3) is 2.58. The fourth-order valence-electron chi connectivity index (χ4n) is 3.03. The van der Waals surface area contributed by atoms with Crippen LogP contribution in [0.2, 0.25) is 0 Å². The van der Waals surface area contributed by atoms with Gasteiger partial charge in [0.15, 0.2) is 0 Å². The smallest absolute Gasteiger partial charge is 0.325 e. The zero-order chi connectivity index (χ0) is 14.8. The Bertz CT molecular complexity index is 586. The number of methoxy groups -OCH3 is 1. The topological polar surface area (TPSA) is 70.7 Å².